The second-order valence-corrected chi connectivity index (χ2v) is 7.98. The molecule has 2 aromatic carbocycles. The van der Waals surface area contributed by atoms with E-state index in [1.165, 1.54) is 0 Å². The predicted octanol–water partition coefficient (Wildman–Crippen LogP) is 4.41. The summed E-state index contributed by atoms with van der Waals surface area (Å²) in [5, 5.41) is 2.85. The average Bonchev–Trinajstić information content (AvgIpc) is 2.87. The van der Waals surface area contributed by atoms with Crippen molar-refractivity contribution in [3.8, 4) is 0 Å². The van der Waals surface area contributed by atoms with Crippen molar-refractivity contribution in [2.75, 3.05) is 5.32 Å². The van der Waals surface area contributed by atoms with Crippen LogP contribution in [0.5, 0.6) is 0 Å². The minimum absolute atomic E-state index is 0.136. The molecule has 0 fully saturated rings. The summed E-state index contributed by atoms with van der Waals surface area (Å²) in [6.45, 7) is 5.85. The number of fused-ring (bicyclic) bond motifs is 1. The fourth-order valence-electron chi connectivity index (χ4n) is 3.22. The number of amides is 3. The topological polar surface area (TPSA) is 66.5 Å². The number of anilines is 1. The molecule has 6 heteroatoms. The van der Waals surface area contributed by atoms with Gasteiger partial charge in [-0.1, -0.05) is 41.9 Å². The van der Waals surface area contributed by atoms with Crippen LogP contribution < -0.4 is 5.32 Å². The molecule has 0 saturated carbocycles. The maximum Gasteiger partial charge on any atom is 0.262 e. The molecular formula is C21H21BrN2O3. The molecule has 1 N–H and O–H groups in total. The van der Waals surface area contributed by atoms with E-state index in [2.05, 4.69) is 21.2 Å². The number of benzene rings is 2. The van der Waals surface area contributed by atoms with Crippen LogP contribution in [0.2, 0.25) is 0 Å². The summed E-state index contributed by atoms with van der Waals surface area (Å²) in [5.41, 5.74) is 2.31. The Morgan fingerprint density at radius 1 is 1.07 bits per heavy atom. The van der Waals surface area contributed by atoms with E-state index in [0.717, 1.165) is 14.9 Å². The summed E-state index contributed by atoms with van der Waals surface area (Å²) in [5.74, 6) is -1.05. The Bertz CT molecular complexity index is 888. The molecule has 1 aliphatic rings. The first-order valence-corrected chi connectivity index (χ1v) is 9.63. The molecule has 0 aromatic heterocycles. The van der Waals surface area contributed by atoms with Gasteiger partial charge in [0.25, 0.3) is 11.8 Å². The number of carbonyl (C=O) groups is 3. The molecule has 1 heterocycles. The minimum Gasteiger partial charge on any atom is -0.324 e. The van der Waals surface area contributed by atoms with Gasteiger partial charge in [-0.15, -0.1) is 0 Å². The third-order valence-electron chi connectivity index (χ3n) is 4.56. The number of carbonyl (C=O) groups excluding carboxylic acids is 3. The normalized spacial score (nSPS) is 14.5. The van der Waals surface area contributed by atoms with Crippen LogP contribution in [-0.4, -0.2) is 28.7 Å². The maximum atomic E-state index is 13.0. The van der Waals surface area contributed by atoms with Gasteiger partial charge in [-0.2, -0.15) is 0 Å². The Hall–Kier alpha value is -2.47. The number of nitrogens with zero attached hydrogens (tertiary/aromatic N) is 1. The van der Waals surface area contributed by atoms with E-state index in [1.807, 2.05) is 32.9 Å². The summed E-state index contributed by atoms with van der Waals surface area (Å²) < 4.78 is 0.944. The Labute approximate surface area is 166 Å². The second-order valence-electron chi connectivity index (χ2n) is 7.12. The van der Waals surface area contributed by atoms with Crippen LogP contribution in [0.25, 0.3) is 0 Å². The highest BCUT2D eigenvalue weighted by Crippen LogP contribution is 2.28. The smallest absolute Gasteiger partial charge is 0.262 e. The summed E-state index contributed by atoms with van der Waals surface area (Å²) in [7, 11) is 0. The molecule has 140 valence electrons. The van der Waals surface area contributed by atoms with E-state index >= 15 is 0 Å². The number of hydrogen-bond donors (Lipinski definition) is 1. The van der Waals surface area contributed by atoms with E-state index in [4.69, 9.17) is 0 Å². The van der Waals surface area contributed by atoms with Crippen molar-refractivity contribution >= 4 is 39.3 Å². The van der Waals surface area contributed by atoms with Crippen LogP contribution in [0.3, 0.4) is 0 Å². The molecule has 0 bridgehead atoms. The van der Waals surface area contributed by atoms with Gasteiger partial charge in [0.15, 0.2) is 0 Å². The van der Waals surface area contributed by atoms with E-state index in [0.29, 0.717) is 23.2 Å². The SMILES string of the molecule is Cc1cc(NC(=O)[C@@H](CC(C)C)N2C(=O)c3ccccc3C2=O)ccc1Br. The van der Waals surface area contributed by atoms with Crippen molar-refractivity contribution < 1.29 is 14.4 Å². The molecule has 0 spiro atoms. The van der Waals surface area contributed by atoms with Crippen LogP contribution in [0, 0.1) is 12.8 Å². The molecule has 2 aromatic rings. The van der Waals surface area contributed by atoms with Crippen LogP contribution in [0.15, 0.2) is 46.9 Å². The van der Waals surface area contributed by atoms with Gasteiger partial charge >= 0.3 is 0 Å². The Balaban J connectivity index is 1.90. The molecule has 0 radical (unpaired) electrons. The van der Waals surface area contributed by atoms with E-state index in [1.54, 1.807) is 30.3 Å². The lowest BCUT2D eigenvalue weighted by atomic mass is 10.0. The van der Waals surface area contributed by atoms with Gasteiger partial charge in [0.2, 0.25) is 5.91 Å². The highest BCUT2D eigenvalue weighted by Gasteiger charge is 2.42. The lowest BCUT2D eigenvalue weighted by molar-refractivity contribution is -0.120. The molecule has 3 rings (SSSR count). The highest BCUT2D eigenvalue weighted by molar-refractivity contribution is 9.10. The summed E-state index contributed by atoms with van der Waals surface area (Å²) >= 11 is 3.43. The molecule has 0 unspecified atom stereocenters. The van der Waals surface area contributed by atoms with Gasteiger partial charge in [-0.05, 0) is 55.2 Å². The molecule has 5 nitrogen and oxygen atoms in total. The van der Waals surface area contributed by atoms with Gasteiger partial charge < -0.3 is 5.32 Å². The lowest BCUT2D eigenvalue weighted by Gasteiger charge is -2.26. The fourth-order valence-corrected chi connectivity index (χ4v) is 3.46. The molecule has 0 aliphatic carbocycles. The van der Waals surface area contributed by atoms with Gasteiger partial charge in [-0.25, -0.2) is 0 Å². The van der Waals surface area contributed by atoms with E-state index in [-0.39, 0.29) is 11.8 Å². The second kappa shape index (κ2) is 7.64. The number of aryl methyl sites for hydroxylation is 1. The Kier molecular flexibility index (Phi) is 5.46. The van der Waals surface area contributed by atoms with Crippen molar-refractivity contribution in [1.82, 2.24) is 4.90 Å². The van der Waals surface area contributed by atoms with Crippen LogP contribution in [0.1, 0.15) is 46.5 Å². The number of imide groups is 1. The lowest BCUT2D eigenvalue weighted by Crippen LogP contribution is -2.47. The monoisotopic (exact) mass is 428 g/mol. The Morgan fingerprint density at radius 3 is 2.19 bits per heavy atom. The number of halogens is 1. The van der Waals surface area contributed by atoms with Crippen molar-refractivity contribution in [3.63, 3.8) is 0 Å². The fraction of sp³-hybridized carbons (Fsp3) is 0.286. The average molecular weight is 429 g/mol. The van der Waals surface area contributed by atoms with Crippen LogP contribution >= 0.6 is 15.9 Å². The summed E-state index contributed by atoms with van der Waals surface area (Å²) in [6, 6.07) is 11.3. The molecule has 0 saturated heterocycles. The van der Waals surface area contributed by atoms with Gasteiger partial charge in [0.1, 0.15) is 6.04 Å². The van der Waals surface area contributed by atoms with Gasteiger partial charge in [0, 0.05) is 10.2 Å². The number of rotatable bonds is 5. The molecule has 1 atom stereocenters. The predicted molar refractivity (Wildman–Crippen MR) is 108 cm³/mol. The highest BCUT2D eigenvalue weighted by atomic mass is 79.9. The third kappa shape index (κ3) is 3.81. The van der Waals surface area contributed by atoms with Crippen LogP contribution in [0.4, 0.5) is 5.69 Å². The first-order chi connectivity index (χ1) is 12.8. The van der Waals surface area contributed by atoms with Crippen molar-refractivity contribution in [3.05, 3.63) is 63.6 Å². The summed E-state index contributed by atoms with van der Waals surface area (Å²) in [6.07, 6.45) is 0.396. The molecule has 1 aliphatic heterocycles. The number of nitrogens with one attached hydrogen (secondary N) is 1. The van der Waals surface area contributed by atoms with Gasteiger partial charge in [0.05, 0.1) is 11.1 Å². The van der Waals surface area contributed by atoms with E-state index < -0.39 is 17.9 Å². The third-order valence-corrected chi connectivity index (χ3v) is 5.45. The zero-order valence-corrected chi connectivity index (χ0v) is 17.0. The van der Waals surface area contributed by atoms with E-state index in [9.17, 15) is 14.4 Å². The first kappa shape index (κ1) is 19.3. The largest absolute Gasteiger partial charge is 0.324 e. The van der Waals surface area contributed by atoms with Crippen molar-refractivity contribution in [2.45, 2.75) is 33.2 Å². The molecular weight excluding hydrogens is 408 g/mol. The quantitative estimate of drug-likeness (QED) is 0.717. The zero-order chi connectivity index (χ0) is 19.7. The molecule has 27 heavy (non-hydrogen) atoms. The zero-order valence-electron chi connectivity index (χ0n) is 15.5. The van der Waals surface area contributed by atoms with Crippen molar-refractivity contribution in [1.29, 1.82) is 0 Å². The molecule has 3 amide bonds. The maximum absolute atomic E-state index is 13.0. The number of hydrogen-bond acceptors (Lipinski definition) is 3. The first-order valence-electron chi connectivity index (χ1n) is 8.83. The van der Waals surface area contributed by atoms with Gasteiger partial charge in [-0.3, -0.25) is 19.3 Å². The summed E-state index contributed by atoms with van der Waals surface area (Å²) in [4.78, 5) is 39.7. The van der Waals surface area contributed by atoms with Crippen molar-refractivity contribution in [2.24, 2.45) is 5.92 Å². The Morgan fingerprint density at radius 2 is 1.67 bits per heavy atom. The standard InChI is InChI=1S/C21H21BrN2O3/c1-12(2)10-18(19(25)23-14-8-9-17(22)13(3)11-14)24-20(26)15-6-4-5-7-16(15)21(24)27/h4-9,11-12,18H,10H2,1-3H3,(H,23,25)/t18-/m1/s1. The van der Waals surface area contributed by atoms with Crippen LogP contribution in [-0.2, 0) is 4.79 Å². The minimum atomic E-state index is -0.860.